The van der Waals surface area contributed by atoms with Crippen LogP contribution >= 0.6 is 23.2 Å². The lowest BCUT2D eigenvalue weighted by molar-refractivity contribution is 0.607. The third-order valence-electron chi connectivity index (χ3n) is 6.12. The normalized spacial score (nSPS) is 14.0. The van der Waals surface area contributed by atoms with Crippen LogP contribution in [0.5, 0.6) is 0 Å². The molecule has 0 unspecified atom stereocenters. The van der Waals surface area contributed by atoms with E-state index < -0.39 is 11.6 Å². The first kappa shape index (κ1) is 23.8. The highest BCUT2D eigenvalue weighted by atomic mass is 35.5. The van der Waals surface area contributed by atoms with Crippen LogP contribution in [-0.2, 0) is 0 Å². The standard InChI is InChI=1S/C24H21Cl2N9O/c1-10-7-17(28)30-9-16(10)35-23(34-20-15(26)6-5-14(25)18(20)24(35)36)19(12-3-4-12)33-22-13(8-27)21(29)31-11(2)32-22/h5-7,9,12,19H,3-4H2,1-2H3,(H2,28,30)(H3,29,31,32,33)/t19-/m0/s1. The molecule has 5 N–H and O–H groups in total. The number of fused-ring (bicyclic) bond motifs is 1. The van der Waals surface area contributed by atoms with Crippen molar-refractivity contribution in [2.45, 2.75) is 32.7 Å². The molecule has 1 saturated carbocycles. The van der Waals surface area contributed by atoms with E-state index in [2.05, 4.69) is 26.3 Å². The second kappa shape index (κ2) is 8.93. The van der Waals surface area contributed by atoms with Gasteiger partial charge in [-0.25, -0.2) is 19.9 Å². The van der Waals surface area contributed by atoms with Gasteiger partial charge in [-0.15, -0.1) is 0 Å². The predicted molar refractivity (Wildman–Crippen MR) is 139 cm³/mol. The molecule has 5 rings (SSSR count). The van der Waals surface area contributed by atoms with Crippen LogP contribution in [0.2, 0.25) is 10.0 Å². The molecule has 0 saturated heterocycles. The molecule has 1 aromatic carbocycles. The monoisotopic (exact) mass is 521 g/mol. The number of pyridine rings is 1. The maximum absolute atomic E-state index is 14.0. The number of nitrogens with zero attached hydrogens (tertiary/aromatic N) is 6. The Bertz CT molecular complexity index is 1640. The van der Waals surface area contributed by atoms with Crippen molar-refractivity contribution in [2.75, 3.05) is 16.8 Å². The van der Waals surface area contributed by atoms with E-state index in [4.69, 9.17) is 39.7 Å². The highest BCUT2D eigenvalue weighted by Crippen LogP contribution is 2.43. The number of aromatic nitrogens is 5. The molecule has 3 aromatic heterocycles. The molecule has 3 heterocycles. The van der Waals surface area contributed by atoms with Gasteiger partial charge in [0.05, 0.1) is 38.9 Å². The molecule has 0 spiro atoms. The van der Waals surface area contributed by atoms with Gasteiger partial charge >= 0.3 is 0 Å². The number of aryl methyl sites for hydroxylation is 2. The van der Waals surface area contributed by atoms with Crippen LogP contribution in [0.3, 0.4) is 0 Å². The molecule has 0 aliphatic heterocycles. The Morgan fingerprint density at radius 1 is 1.17 bits per heavy atom. The SMILES string of the molecule is Cc1nc(N)c(C#N)c(N[C@H](c2nc3c(Cl)ccc(Cl)c3c(=O)n2-c2cnc(N)cc2C)C2CC2)n1. The molecule has 4 aromatic rings. The first-order valence-electron chi connectivity index (χ1n) is 11.1. The number of hydrogen-bond acceptors (Lipinski definition) is 9. The molecular formula is C24H21Cl2N9O. The van der Waals surface area contributed by atoms with Gasteiger partial charge in [0.25, 0.3) is 5.56 Å². The molecule has 1 aliphatic rings. The van der Waals surface area contributed by atoms with Crippen LogP contribution in [0.25, 0.3) is 16.6 Å². The number of halogens is 2. The fourth-order valence-electron chi connectivity index (χ4n) is 4.26. The minimum Gasteiger partial charge on any atom is -0.384 e. The zero-order valence-electron chi connectivity index (χ0n) is 19.4. The molecule has 1 atom stereocenters. The number of anilines is 3. The van der Waals surface area contributed by atoms with Crippen molar-refractivity contribution in [2.24, 2.45) is 5.92 Å². The highest BCUT2D eigenvalue weighted by molar-refractivity contribution is 6.39. The van der Waals surface area contributed by atoms with Crippen LogP contribution in [0.15, 0.2) is 29.2 Å². The fraction of sp³-hybridized carbons (Fsp3) is 0.250. The Morgan fingerprint density at radius 2 is 1.89 bits per heavy atom. The molecule has 12 heteroatoms. The summed E-state index contributed by atoms with van der Waals surface area (Å²) in [6.45, 7) is 3.51. The van der Waals surface area contributed by atoms with Crippen LogP contribution < -0.4 is 22.3 Å². The second-order valence-electron chi connectivity index (χ2n) is 8.71. The van der Waals surface area contributed by atoms with Crippen molar-refractivity contribution in [3.63, 3.8) is 0 Å². The largest absolute Gasteiger partial charge is 0.384 e. The van der Waals surface area contributed by atoms with Crippen molar-refractivity contribution in [1.82, 2.24) is 24.5 Å². The summed E-state index contributed by atoms with van der Waals surface area (Å²) in [6, 6.07) is 6.40. The van der Waals surface area contributed by atoms with Gasteiger partial charge in [0.15, 0.2) is 5.82 Å². The zero-order valence-corrected chi connectivity index (χ0v) is 20.9. The van der Waals surface area contributed by atoms with E-state index in [1.165, 1.54) is 10.8 Å². The molecule has 36 heavy (non-hydrogen) atoms. The lowest BCUT2D eigenvalue weighted by Gasteiger charge is -2.24. The van der Waals surface area contributed by atoms with Gasteiger partial charge in [-0.2, -0.15) is 5.26 Å². The first-order chi connectivity index (χ1) is 17.2. The smallest absolute Gasteiger partial charge is 0.267 e. The van der Waals surface area contributed by atoms with Gasteiger partial charge in [0.1, 0.15) is 34.9 Å². The summed E-state index contributed by atoms with van der Waals surface area (Å²) in [7, 11) is 0. The van der Waals surface area contributed by atoms with E-state index >= 15 is 0 Å². The van der Waals surface area contributed by atoms with Gasteiger partial charge in [0, 0.05) is 0 Å². The third-order valence-corrected chi connectivity index (χ3v) is 6.74. The minimum absolute atomic E-state index is 0.0688. The van der Waals surface area contributed by atoms with Gasteiger partial charge in [-0.1, -0.05) is 23.2 Å². The Balaban J connectivity index is 1.82. The number of nitriles is 1. The average molecular weight is 522 g/mol. The van der Waals surface area contributed by atoms with E-state index in [9.17, 15) is 10.1 Å². The van der Waals surface area contributed by atoms with Crippen LogP contribution in [0.4, 0.5) is 17.5 Å². The maximum atomic E-state index is 14.0. The van der Waals surface area contributed by atoms with Gasteiger partial charge < -0.3 is 16.8 Å². The van der Waals surface area contributed by atoms with E-state index in [0.29, 0.717) is 28.2 Å². The predicted octanol–water partition coefficient (Wildman–Crippen LogP) is 4.09. The van der Waals surface area contributed by atoms with Crippen molar-refractivity contribution >= 4 is 51.6 Å². The van der Waals surface area contributed by atoms with Crippen molar-refractivity contribution in [1.29, 1.82) is 5.26 Å². The topological polar surface area (TPSA) is 161 Å². The van der Waals surface area contributed by atoms with Gasteiger partial charge in [-0.05, 0) is 56.4 Å². The van der Waals surface area contributed by atoms with E-state index in [1.807, 2.05) is 6.92 Å². The summed E-state index contributed by atoms with van der Waals surface area (Å²) in [5.74, 6) is 1.56. The van der Waals surface area contributed by atoms with Crippen LogP contribution in [0.1, 0.15) is 41.7 Å². The van der Waals surface area contributed by atoms with Crippen LogP contribution in [-0.4, -0.2) is 24.5 Å². The van der Waals surface area contributed by atoms with Crippen molar-refractivity contribution < 1.29 is 0 Å². The molecule has 0 bridgehead atoms. The number of hydrogen-bond donors (Lipinski definition) is 3. The Morgan fingerprint density at radius 3 is 2.56 bits per heavy atom. The fourth-order valence-corrected chi connectivity index (χ4v) is 4.69. The van der Waals surface area contributed by atoms with E-state index in [-0.39, 0.29) is 39.0 Å². The lowest BCUT2D eigenvalue weighted by Crippen LogP contribution is -2.30. The Labute approximate surface area is 215 Å². The van der Waals surface area contributed by atoms with Crippen LogP contribution in [0, 0.1) is 31.1 Å². The molecule has 182 valence electrons. The first-order valence-corrected chi connectivity index (χ1v) is 11.9. The summed E-state index contributed by atoms with van der Waals surface area (Å²) >= 11 is 12.9. The second-order valence-corrected chi connectivity index (χ2v) is 9.52. The number of nitrogens with one attached hydrogen (secondary N) is 1. The quantitative estimate of drug-likeness (QED) is 0.350. The summed E-state index contributed by atoms with van der Waals surface area (Å²) in [4.78, 5) is 31.6. The highest BCUT2D eigenvalue weighted by Gasteiger charge is 2.37. The third kappa shape index (κ3) is 4.06. The number of rotatable bonds is 5. The molecular weight excluding hydrogens is 501 g/mol. The lowest BCUT2D eigenvalue weighted by atomic mass is 10.1. The summed E-state index contributed by atoms with van der Waals surface area (Å²) in [5, 5.41) is 13.7. The molecule has 0 amide bonds. The Kier molecular flexibility index (Phi) is 5.90. The summed E-state index contributed by atoms with van der Waals surface area (Å²) in [5.41, 5.74) is 13.1. The Hall–Kier alpha value is -3.94. The zero-order chi connectivity index (χ0) is 25.7. The number of nitrogens with two attached hydrogens (primary N) is 2. The van der Waals surface area contributed by atoms with E-state index in [0.717, 1.165) is 18.4 Å². The average Bonchev–Trinajstić information content (AvgIpc) is 3.65. The van der Waals surface area contributed by atoms with Gasteiger partial charge in [-0.3, -0.25) is 9.36 Å². The molecule has 0 radical (unpaired) electrons. The molecule has 1 fully saturated rings. The summed E-state index contributed by atoms with van der Waals surface area (Å²) in [6.07, 6.45) is 3.30. The van der Waals surface area contributed by atoms with Gasteiger partial charge in [0.2, 0.25) is 0 Å². The molecule has 10 nitrogen and oxygen atoms in total. The summed E-state index contributed by atoms with van der Waals surface area (Å²) < 4.78 is 1.48. The maximum Gasteiger partial charge on any atom is 0.267 e. The number of benzene rings is 1. The van der Waals surface area contributed by atoms with E-state index in [1.54, 1.807) is 25.1 Å². The number of nitrogen functional groups attached to an aromatic ring is 2. The molecule has 1 aliphatic carbocycles. The van der Waals surface area contributed by atoms with Crippen molar-refractivity contribution in [3.05, 3.63) is 67.6 Å². The van der Waals surface area contributed by atoms with Crippen molar-refractivity contribution in [3.8, 4) is 11.8 Å². The minimum atomic E-state index is -0.505.